The summed E-state index contributed by atoms with van der Waals surface area (Å²) in [4.78, 5) is 0. The van der Waals surface area contributed by atoms with Gasteiger partial charge >= 0.3 is 0 Å². The number of rotatable bonds is 7. The van der Waals surface area contributed by atoms with Crippen molar-refractivity contribution in [2.75, 3.05) is 23.1 Å². The minimum Gasteiger partial charge on any atom is -0.330 e. The Hall–Kier alpha value is -1.14. The molecule has 0 heterocycles. The molecule has 102 valence electrons. The van der Waals surface area contributed by atoms with Crippen molar-refractivity contribution in [3.05, 3.63) is 30.1 Å². The lowest BCUT2D eigenvalue weighted by Gasteiger charge is -2.22. The van der Waals surface area contributed by atoms with Gasteiger partial charge in [0.25, 0.3) is 0 Å². The molecule has 0 fully saturated rings. The molecule has 1 aromatic carbocycles. The molecular weight excluding hydrogens is 255 g/mol. The summed E-state index contributed by atoms with van der Waals surface area (Å²) >= 11 is 0. The first-order chi connectivity index (χ1) is 8.51. The molecule has 4 nitrogen and oxygen atoms in total. The van der Waals surface area contributed by atoms with Crippen molar-refractivity contribution in [2.45, 2.75) is 19.8 Å². The Kier molecular flexibility index (Phi) is 5.55. The van der Waals surface area contributed by atoms with E-state index in [-0.39, 0.29) is 12.3 Å². The molecule has 0 aliphatic carbocycles. The van der Waals surface area contributed by atoms with Crippen molar-refractivity contribution < 1.29 is 12.8 Å². The topological polar surface area (TPSA) is 63.4 Å². The molecule has 0 aliphatic heterocycles. The van der Waals surface area contributed by atoms with Gasteiger partial charge in [-0.3, -0.25) is 4.31 Å². The molecule has 2 N–H and O–H groups in total. The molecule has 0 saturated heterocycles. The quantitative estimate of drug-likeness (QED) is 0.770. The van der Waals surface area contributed by atoms with Gasteiger partial charge < -0.3 is 5.73 Å². The molecule has 6 heteroatoms. The summed E-state index contributed by atoms with van der Waals surface area (Å²) in [5, 5.41) is 0. The second-order valence-electron chi connectivity index (χ2n) is 3.96. The monoisotopic (exact) mass is 274 g/mol. The van der Waals surface area contributed by atoms with E-state index >= 15 is 0 Å². The maximum atomic E-state index is 13.1. The van der Waals surface area contributed by atoms with Crippen molar-refractivity contribution in [3.63, 3.8) is 0 Å². The fourth-order valence-corrected chi connectivity index (χ4v) is 3.33. The van der Waals surface area contributed by atoms with E-state index < -0.39 is 15.8 Å². The molecule has 0 amide bonds. The number of benzene rings is 1. The molecule has 0 saturated carbocycles. The van der Waals surface area contributed by atoms with E-state index in [0.717, 1.165) is 0 Å². The first-order valence-electron chi connectivity index (χ1n) is 5.97. The van der Waals surface area contributed by atoms with Crippen LogP contribution >= 0.6 is 0 Å². The fourth-order valence-electron chi connectivity index (χ4n) is 1.71. The maximum absolute atomic E-state index is 13.1. The summed E-state index contributed by atoms with van der Waals surface area (Å²) in [6, 6.07) is 5.61. The molecule has 0 unspecified atom stereocenters. The van der Waals surface area contributed by atoms with Gasteiger partial charge in [-0.1, -0.05) is 6.07 Å². The van der Waals surface area contributed by atoms with Gasteiger partial charge in [-0.2, -0.15) is 0 Å². The smallest absolute Gasteiger partial charge is 0.235 e. The van der Waals surface area contributed by atoms with Crippen LogP contribution in [0.4, 0.5) is 10.1 Å². The molecule has 0 aromatic heterocycles. The van der Waals surface area contributed by atoms with Gasteiger partial charge in [0.1, 0.15) is 5.82 Å². The van der Waals surface area contributed by atoms with Gasteiger partial charge in [0.15, 0.2) is 0 Å². The van der Waals surface area contributed by atoms with Crippen LogP contribution in [0.15, 0.2) is 24.3 Å². The SMILES string of the molecule is CCN(c1cccc(F)c1)S(=O)(=O)CCCCN. The third-order valence-electron chi connectivity index (χ3n) is 2.58. The van der Waals surface area contributed by atoms with Crippen LogP contribution in [0.5, 0.6) is 0 Å². The van der Waals surface area contributed by atoms with Gasteiger partial charge in [-0.15, -0.1) is 0 Å². The lowest BCUT2D eigenvalue weighted by atomic mass is 10.3. The Morgan fingerprint density at radius 3 is 2.61 bits per heavy atom. The normalized spacial score (nSPS) is 11.5. The zero-order chi connectivity index (χ0) is 13.6. The van der Waals surface area contributed by atoms with Gasteiger partial charge in [0, 0.05) is 6.54 Å². The Bertz CT molecular complexity index is 477. The summed E-state index contributed by atoms with van der Waals surface area (Å²) in [7, 11) is -3.40. The number of hydrogen-bond acceptors (Lipinski definition) is 3. The number of hydrogen-bond donors (Lipinski definition) is 1. The standard InChI is InChI=1S/C12H19FN2O2S/c1-2-15(12-7-5-6-11(13)10-12)18(16,17)9-4-3-8-14/h5-7,10H,2-4,8-9,14H2,1H3. The van der Waals surface area contributed by atoms with Crippen LogP contribution in [0.3, 0.4) is 0 Å². The third-order valence-corrected chi connectivity index (χ3v) is 4.52. The van der Waals surface area contributed by atoms with E-state index in [1.165, 1.54) is 22.5 Å². The molecule has 0 radical (unpaired) electrons. The Morgan fingerprint density at radius 2 is 2.06 bits per heavy atom. The lowest BCUT2D eigenvalue weighted by Crippen LogP contribution is -2.33. The van der Waals surface area contributed by atoms with E-state index in [2.05, 4.69) is 0 Å². The molecule has 1 rings (SSSR count). The van der Waals surface area contributed by atoms with Crippen molar-refractivity contribution in [1.29, 1.82) is 0 Å². The Labute approximate surface area is 108 Å². The Morgan fingerprint density at radius 1 is 1.33 bits per heavy atom. The van der Waals surface area contributed by atoms with E-state index in [1.807, 2.05) is 0 Å². The number of unbranched alkanes of at least 4 members (excludes halogenated alkanes) is 1. The lowest BCUT2D eigenvalue weighted by molar-refractivity contribution is 0.587. The van der Waals surface area contributed by atoms with Crippen LogP contribution in [0, 0.1) is 5.82 Å². The van der Waals surface area contributed by atoms with Crippen molar-refractivity contribution in [1.82, 2.24) is 0 Å². The highest BCUT2D eigenvalue weighted by molar-refractivity contribution is 7.92. The molecule has 0 bridgehead atoms. The fraction of sp³-hybridized carbons (Fsp3) is 0.500. The summed E-state index contributed by atoms with van der Waals surface area (Å²) in [5.41, 5.74) is 5.71. The summed E-state index contributed by atoms with van der Waals surface area (Å²) in [5.74, 6) is -0.405. The van der Waals surface area contributed by atoms with E-state index in [4.69, 9.17) is 5.73 Å². The Balaban J connectivity index is 2.88. The summed E-state index contributed by atoms with van der Waals surface area (Å²) in [6.07, 6.45) is 1.19. The average molecular weight is 274 g/mol. The van der Waals surface area contributed by atoms with Crippen LogP contribution in [-0.2, 0) is 10.0 Å². The van der Waals surface area contributed by atoms with Gasteiger partial charge in [0.05, 0.1) is 11.4 Å². The highest BCUT2D eigenvalue weighted by Crippen LogP contribution is 2.19. The van der Waals surface area contributed by atoms with Crippen molar-refractivity contribution >= 4 is 15.7 Å². The predicted octanol–water partition coefficient (Wildman–Crippen LogP) is 1.72. The number of anilines is 1. The highest BCUT2D eigenvalue weighted by Gasteiger charge is 2.20. The molecule has 18 heavy (non-hydrogen) atoms. The average Bonchev–Trinajstić information content (AvgIpc) is 2.29. The second kappa shape index (κ2) is 6.70. The number of nitrogens with two attached hydrogens (primary N) is 1. The first-order valence-corrected chi connectivity index (χ1v) is 7.58. The molecule has 0 spiro atoms. The van der Waals surface area contributed by atoms with Crippen LogP contribution < -0.4 is 10.0 Å². The minimum atomic E-state index is -3.40. The molecule has 0 atom stereocenters. The molecule has 0 aliphatic rings. The summed E-state index contributed by atoms with van der Waals surface area (Å²) < 4.78 is 38.6. The number of sulfonamides is 1. The van der Waals surface area contributed by atoms with E-state index in [9.17, 15) is 12.8 Å². The van der Waals surface area contributed by atoms with Crippen LogP contribution in [-0.4, -0.2) is 27.3 Å². The van der Waals surface area contributed by atoms with E-state index in [1.54, 1.807) is 13.0 Å². The maximum Gasteiger partial charge on any atom is 0.235 e. The summed E-state index contributed by atoms with van der Waals surface area (Å²) in [6.45, 7) is 2.49. The third kappa shape index (κ3) is 3.96. The van der Waals surface area contributed by atoms with Gasteiger partial charge in [-0.05, 0) is 44.5 Å². The van der Waals surface area contributed by atoms with Gasteiger partial charge in [0.2, 0.25) is 10.0 Å². The highest BCUT2D eigenvalue weighted by atomic mass is 32.2. The van der Waals surface area contributed by atoms with Crippen LogP contribution in [0.2, 0.25) is 0 Å². The van der Waals surface area contributed by atoms with Gasteiger partial charge in [-0.25, -0.2) is 12.8 Å². The number of nitrogens with zero attached hydrogens (tertiary/aromatic N) is 1. The van der Waals surface area contributed by atoms with E-state index in [0.29, 0.717) is 25.1 Å². The van der Waals surface area contributed by atoms with Crippen molar-refractivity contribution in [2.24, 2.45) is 5.73 Å². The first kappa shape index (κ1) is 14.9. The number of halogens is 1. The minimum absolute atomic E-state index is 0.0363. The predicted molar refractivity (Wildman–Crippen MR) is 71.5 cm³/mol. The van der Waals surface area contributed by atoms with Crippen LogP contribution in [0.1, 0.15) is 19.8 Å². The van der Waals surface area contributed by atoms with Crippen molar-refractivity contribution in [3.8, 4) is 0 Å². The molecular formula is C12H19FN2O2S. The zero-order valence-electron chi connectivity index (χ0n) is 10.5. The second-order valence-corrected chi connectivity index (χ2v) is 5.97. The largest absolute Gasteiger partial charge is 0.330 e. The van der Waals surface area contributed by atoms with Crippen LogP contribution in [0.25, 0.3) is 0 Å². The molecule has 1 aromatic rings. The zero-order valence-corrected chi connectivity index (χ0v) is 11.3.